The smallest absolute Gasteiger partial charge is 0.123 e. The molecule has 0 bridgehead atoms. The number of phenolic OH excluding ortho intramolecular Hbond substituents is 1. The average Bonchev–Trinajstić information content (AvgIpc) is 2.53. The summed E-state index contributed by atoms with van der Waals surface area (Å²) in [6.45, 7) is 2.61. The molecule has 0 aliphatic rings. The number of rotatable bonds is 6. The molecule has 0 heterocycles. The quantitative estimate of drug-likeness (QED) is 0.856. The number of aromatic hydroxyl groups is 1. The number of benzene rings is 2. The van der Waals surface area contributed by atoms with Gasteiger partial charge in [-0.25, -0.2) is 0 Å². The number of methoxy groups -OCH3 is 2. The Morgan fingerprint density at radius 1 is 1.10 bits per heavy atom. The van der Waals surface area contributed by atoms with Crippen molar-refractivity contribution in [2.75, 3.05) is 14.2 Å². The molecule has 0 radical (unpaired) electrons. The van der Waals surface area contributed by atoms with Crippen LogP contribution in [-0.2, 0) is 6.54 Å². The van der Waals surface area contributed by atoms with Gasteiger partial charge in [0.05, 0.1) is 14.2 Å². The van der Waals surface area contributed by atoms with Crippen molar-refractivity contribution < 1.29 is 14.6 Å². The highest BCUT2D eigenvalue weighted by molar-refractivity contribution is 5.40. The lowest BCUT2D eigenvalue weighted by molar-refractivity contribution is 0.399. The summed E-state index contributed by atoms with van der Waals surface area (Å²) in [5.41, 5.74) is 1.89. The lowest BCUT2D eigenvalue weighted by atomic mass is 10.1. The number of para-hydroxylation sites is 1. The third kappa shape index (κ3) is 3.67. The summed E-state index contributed by atoms with van der Waals surface area (Å²) in [5.74, 6) is 1.84. The third-order valence-corrected chi connectivity index (χ3v) is 3.49. The number of hydrogen-bond donors (Lipinski definition) is 2. The normalized spacial score (nSPS) is 12.0. The predicted octanol–water partition coefficient (Wildman–Crippen LogP) is 3.26. The van der Waals surface area contributed by atoms with E-state index >= 15 is 0 Å². The van der Waals surface area contributed by atoms with Gasteiger partial charge in [-0.1, -0.05) is 18.2 Å². The Morgan fingerprint density at radius 2 is 1.86 bits per heavy atom. The van der Waals surface area contributed by atoms with Crippen LogP contribution in [0.4, 0.5) is 0 Å². The fraction of sp³-hybridized carbons (Fsp3) is 0.294. The van der Waals surface area contributed by atoms with E-state index in [0.717, 1.165) is 22.6 Å². The zero-order valence-corrected chi connectivity index (χ0v) is 12.6. The highest BCUT2D eigenvalue weighted by Gasteiger charge is 2.11. The first-order valence-corrected chi connectivity index (χ1v) is 6.88. The van der Waals surface area contributed by atoms with Crippen LogP contribution in [-0.4, -0.2) is 19.3 Å². The van der Waals surface area contributed by atoms with Gasteiger partial charge in [-0.05, 0) is 31.2 Å². The zero-order chi connectivity index (χ0) is 15.2. The molecular formula is C17H21NO3. The summed E-state index contributed by atoms with van der Waals surface area (Å²) < 4.78 is 10.5. The third-order valence-electron chi connectivity index (χ3n) is 3.49. The molecule has 2 N–H and O–H groups in total. The first-order chi connectivity index (χ1) is 10.2. The zero-order valence-electron chi connectivity index (χ0n) is 12.6. The van der Waals surface area contributed by atoms with Crippen molar-refractivity contribution in [3.63, 3.8) is 0 Å². The Bertz CT molecular complexity index is 598. The van der Waals surface area contributed by atoms with Crippen LogP contribution in [0.3, 0.4) is 0 Å². The Kier molecular flexibility index (Phi) is 5.06. The summed E-state index contributed by atoms with van der Waals surface area (Å²) in [5, 5.41) is 13.3. The Balaban J connectivity index is 2.09. The number of ether oxygens (including phenoxy) is 2. The van der Waals surface area contributed by atoms with Gasteiger partial charge in [0.2, 0.25) is 0 Å². The fourth-order valence-corrected chi connectivity index (χ4v) is 2.23. The molecule has 2 aromatic carbocycles. The maximum atomic E-state index is 9.89. The molecule has 0 amide bonds. The first kappa shape index (κ1) is 15.2. The van der Waals surface area contributed by atoms with Crippen LogP contribution in [0.2, 0.25) is 0 Å². The maximum Gasteiger partial charge on any atom is 0.123 e. The second kappa shape index (κ2) is 6.99. The van der Waals surface area contributed by atoms with Gasteiger partial charge in [-0.15, -0.1) is 0 Å². The average molecular weight is 287 g/mol. The summed E-state index contributed by atoms with van der Waals surface area (Å²) in [6, 6.07) is 13.2. The van der Waals surface area contributed by atoms with Crippen LogP contribution in [0.1, 0.15) is 24.1 Å². The molecule has 2 aromatic rings. The van der Waals surface area contributed by atoms with Gasteiger partial charge in [0, 0.05) is 23.7 Å². The van der Waals surface area contributed by atoms with Crippen molar-refractivity contribution in [2.45, 2.75) is 19.5 Å². The number of hydrogen-bond acceptors (Lipinski definition) is 4. The van der Waals surface area contributed by atoms with Crippen molar-refractivity contribution >= 4 is 0 Å². The summed E-state index contributed by atoms with van der Waals surface area (Å²) in [4.78, 5) is 0. The van der Waals surface area contributed by atoms with Gasteiger partial charge in [-0.2, -0.15) is 0 Å². The van der Waals surface area contributed by atoms with Crippen LogP contribution >= 0.6 is 0 Å². The molecule has 0 aliphatic heterocycles. The minimum absolute atomic E-state index is 0.103. The number of nitrogens with one attached hydrogen (secondary N) is 1. The lowest BCUT2D eigenvalue weighted by Gasteiger charge is -2.18. The van der Waals surface area contributed by atoms with Gasteiger partial charge in [0.1, 0.15) is 17.2 Å². The van der Waals surface area contributed by atoms with Crippen molar-refractivity contribution in [1.82, 2.24) is 5.32 Å². The van der Waals surface area contributed by atoms with E-state index in [1.807, 2.05) is 30.3 Å². The van der Waals surface area contributed by atoms with Gasteiger partial charge < -0.3 is 19.9 Å². The highest BCUT2D eigenvalue weighted by atomic mass is 16.5. The topological polar surface area (TPSA) is 50.7 Å². The number of phenols is 1. The van der Waals surface area contributed by atoms with Gasteiger partial charge in [-0.3, -0.25) is 0 Å². The SMILES string of the molecule is COc1ccc(O)c(CNC(C)c2ccccc2OC)c1. The molecule has 0 aromatic heterocycles. The van der Waals surface area contributed by atoms with Crippen molar-refractivity contribution in [3.8, 4) is 17.2 Å². The molecule has 112 valence electrons. The molecule has 1 atom stereocenters. The van der Waals surface area contributed by atoms with Crippen LogP contribution in [0, 0.1) is 0 Å². The van der Waals surface area contributed by atoms with E-state index in [1.54, 1.807) is 26.4 Å². The van der Waals surface area contributed by atoms with E-state index in [0.29, 0.717) is 6.54 Å². The largest absolute Gasteiger partial charge is 0.508 e. The van der Waals surface area contributed by atoms with E-state index < -0.39 is 0 Å². The Labute approximate surface area is 125 Å². The van der Waals surface area contributed by atoms with Crippen LogP contribution in [0.5, 0.6) is 17.2 Å². The van der Waals surface area contributed by atoms with Crippen molar-refractivity contribution in [3.05, 3.63) is 53.6 Å². The molecule has 4 heteroatoms. The fourth-order valence-electron chi connectivity index (χ4n) is 2.23. The summed E-state index contributed by atoms with van der Waals surface area (Å²) in [7, 11) is 3.28. The molecule has 2 rings (SSSR count). The predicted molar refractivity (Wildman–Crippen MR) is 82.9 cm³/mol. The van der Waals surface area contributed by atoms with E-state index in [-0.39, 0.29) is 11.8 Å². The molecule has 4 nitrogen and oxygen atoms in total. The Morgan fingerprint density at radius 3 is 2.57 bits per heavy atom. The minimum atomic E-state index is 0.103. The second-order valence-electron chi connectivity index (χ2n) is 4.84. The van der Waals surface area contributed by atoms with E-state index in [1.165, 1.54) is 0 Å². The molecule has 21 heavy (non-hydrogen) atoms. The first-order valence-electron chi connectivity index (χ1n) is 6.88. The van der Waals surface area contributed by atoms with Crippen LogP contribution in [0.15, 0.2) is 42.5 Å². The molecule has 1 unspecified atom stereocenters. The van der Waals surface area contributed by atoms with E-state index in [2.05, 4.69) is 12.2 Å². The maximum absolute atomic E-state index is 9.89. The summed E-state index contributed by atoms with van der Waals surface area (Å²) >= 11 is 0. The van der Waals surface area contributed by atoms with Crippen molar-refractivity contribution in [2.24, 2.45) is 0 Å². The summed E-state index contributed by atoms with van der Waals surface area (Å²) in [6.07, 6.45) is 0. The van der Waals surface area contributed by atoms with Gasteiger partial charge in [0.25, 0.3) is 0 Å². The molecule has 0 spiro atoms. The molecule has 0 saturated carbocycles. The monoisotopic (exact) mass is 287 g/mol. The highest BCUT2D eigenvalue weighted by Crippen LogP contribution is 2.26. The van der Waals surface area contributed by atoms with Gasteiger partial charge >= 0.3 is 0 Å². The van der Waals surface area contributed by atoms with Crippen LogP contribution < -0.4 is 14.8 Å². The molecule has 0 fully saturated rings. The van der Waals surface area contributed by atoms with Gasteiger partial charge in [0.15, 0.2) is 0 Å². The van der Waals surface area contributed by atoms with Crippen LogP contribution in [0.25, 0.3) is 0 Å². The van der Waals surface area contributed by atoms with Crippen molar-refractivity contribution in [1.29, 1.82) is 0 Å². The standard InChI is InChI=1S/C17H21NO3/c1-12(15-6-4-5-7-17(15)21-3)18-11-13-10-14(20-2)8-9-16(13)19/h4-10,12,18-19H,11H2,1-3H3. The van der Waals surface area contributed by atoms with E-state index in [4.69, 9.17) is 9.47 Å². The Hall–Kier alpha value is -2.20. The molecular weight excluding hydrogens is 266 g/mol. The lowest BCUT2D eigenvalue weighted by Crippen LogP contribution is -2.18. The molecule has 0 aliphatic carbocycles. The van der Waals surface area contributed by atoms with E-state index in [9.17, 15) is 5.11 Å². The second-order valence-corrected chi connectivity index (χ2v) is 4.84. The minimum Gasteiger partial charge on any atom is -0.508 e. The molecule has 0 saturated heterocycles.